The van der Waals surface area contributed by atoms with Crippen molar-refractivity contribution in [3.05, 3.63) is 46.8 Å². The number of amides is 1. The van der Waals surface area contributed by atoms with Crippen molar-refractivity contribution in [2.75, 3.05) is 7.11 Å². The predicted molar refractivity (Wildman–Crippen MR) is 122 cm³/mol. The zero-order chi connectivity index (χ0) is 24.5. The lowest BCUT2D eigenvalue weighted by atomic mass is 10.0. The van der Waals surface area contributed by atoms with Gasteiger partial charge < -0.3 is 14.8 Å². The number of halogens is 2. The van der Waals surface area contributed by atoms with Crippen LogP contribution < -0.4 is 14.8 Å². The van der Waals surface area contributed by atoms with E-state index in [2.05, 4.69) is 15.2 Å². The first-order valence-corrected chi connectivity index (χ1v) is 10.7. The summed E-state index contributed by atoms with van der Waals surface area (Å²) in [6.07, 6.45) is 0. The van der Waals surface area contributed by atoms with E-state index in [1.165, 1.54) is 19.2 Å². The molecule has 2 aromatic heterocycles. The zero-order valence-electron chi connectivity index (χ0n) is 20.0. The molecule has 7 nitrogen and oxygen atoms in total. The Bertz CT molecular complexity index is 1170. The number of fused-ring (bicyclic) bond motifs is 1. The number of methoxy groups -OCH3 is 1. The van der Waals surface area contributed by atoms with Gasteiger partial charge in [0, 0.05) is 12.2 Å². The topological polar surface area (TPSA) is 78.3 Å². The molecule has 0 aliphatic heterocycles. The van der Waals surface area contributed by atoms with Crippen LogP contribution in [0, 0.1) is 6.92 Å². The standard InChI is InChI=1S/C24H30F2N4O3/c1-13(2)17-11-16(20-14(3)29-30(21(20)28-17)24(4,5)6)22(31)27-12-15-8-9-18(32-7)19(10-15)33-23(25)26/h8-11,13,23H,12H2,1-7H3,(H,27,31). The smallest absolute Gasteiger partial charge is 0.387 e. The van der Waals surface area contributed by atoms with E-state index in [0.29, 0.717) is 27.9 Å². The van der Waals surface area contributed by atoms with E-state index in [1.54, 1.807) is 12.1 Å². The second kappa shape index (κ2) is 9.33. The molecule has 2 heterocycles. The van der Waals surface area contributed by atoms with Crippen LogP contribution in [0.5, 0.6) is 11.5 Å². The fraction of sp³-hybridized carbons (Fsp3) is 0.458. The Balaban J connectivity index is 1.97. The molecule has 0 saturated heterocycles. The number of nitrogens with zero attached hydrogens (tertiary/aromatic N) is 3. The molecule has 0 aliphatic carbocycles. The SMILES string of the molecule is COc1ccc(CNC(=O)c2cc(C(C)C)nc3c2c(C)nn3C(C)(C)C)cc1OC(F)F. The number of aryl methyl sites for hydroxylation is 1. The third-order valence-electron chi connectivity index (χ3n) is 5.20. The summed E-state index contributed by atoms with van der Waals surface area (Å²) in [7, 11) is 1.37. The highest BCUT2D eigenvalue weighted by molar-refractivity contribution is 6.06. The van der Waals surface area contributed by atoms with E-state index in [-0.39, 0.29) is 35.4 Å². The Kier molecular flexibility index (Phi) is 6.90. The molecule has 33 heavy (non-hydrogen) atoms. The monoisotopic (exact) mass is 460 g/mol. The predicted octanol–water partition coefficient (Wildman–Crippen LogP) is 5.16. The molecule has 3 aromatic rings. The van der Waals surface area contributed by atoms with Gasteiger partial charge >= 0.3 is 6.61 Å². The van der Waals surface area contributed by atoms with Crippen LogP contribution in [0.3, 0.4) is 0 Å². The van der Waals surface area contributed by atoms with Crippen LogP contribution >= 0.6 is 0 Å². The van der Waals surface area contributed by atoms with E-state index >= 15 is 0 Å². The number of pyridine rings is 1. The van der Waals surface area contributed by atoms with Crippen molar-refractivity contribution in [2.24, 2.45) is 0 Å². The number of hydrogen-bond donors (Lipinski definition) is 1. The van der Waals surface area contributed by atoms with Gasteiger partial charge in [-0.25, -0.2) is 9.67 Å². The van der Waals surface area contributed by atoms with Crippen molar-refractivity contribution in [3.8, 4) is 11.5 Å². The summed E-state index contributed by atoms with van der Waals surface area (Å²) in [6.45, 7) is 9.13. The minimum absolute atomic E-state index is 0.0880. The van der Waals surface area contributed by atoms with Gasteiger partial charge in [-0.15, -0.1) is 0 Å². The lowest BCUT2D eigenvalue weighted by Gasteiger charge is -2.20. The summed E-state index contributed by atoms with van der Waals surface area (Å²) in [5.41, 5.74) is 2.92. The highest BCUT2D eigenvalue weighted by atomic mass is 19.3. The molecule has 1 N–H and O–H groups in total. The van der Waals surface area contributed by atoms with E-state index in [9.17, 15) is 13.6 Å². The third kappa shape index (κ3) is 5.23. The number of carbonyl (C=O) groups is 1. The number of hydrogen-bond acceptors (Lipinski definition) is 5. The van der Waals surface area contributed by atoms with Crippen LogP contribution in [0.15, 0.2) is 24.3 Å². The van der Waals surface area contributed by atoms with Gasteiger partial charge in [0.05, 0.1) is 29.3 Å². The van der Waals surface area contributed by atoms with Gasteiger partial charge in [-0.3, -0.25) is 4.79 Å². The number of nitrogens with one attached hydrogen (secondary N) is 1. The minimum Gasteiger partial charge on any atom is -0.493 e. The quantitative estimate of drug-likeness (QED) is 0.527. The summed E-state index contributed by atoms with van der Waals surface area (Å²) < 4.78 is 36.9. The van der Waals surface area contributed by atoms with Crippen LogP contribution in [0.1, 0.15) is 67.8 Å². The summed E-state index contributed by atoms with van der Waals surface area (Å²) in [4.78, 5) is 18.1. The van der Waals surface area contributed by atoms with Crippen molar-refractivity contribution < 1.29 is 23.0 Å². The lowest BCUT2D eigenvalue weighted by molar-refractivity contribution is -0.0512. The molecule has 178 valence electrons. The molecule has 0 bridgehead atoms. The summed E-state index contributed by atoms with van der Waals surface area (Å²) in [6, 6.07) is 6.43. The molecule has 0 aliphatic rings. The van der Waals surface area contributed by atoms with Crippen molar-refractivity contribution in [2.45, 2.75) is 66.2 Å². The van der Waals surface area contributed by atoms with Gasteiger partial charge in [0.2, 0.25) is 0 Å². The number of carbonyl (C=O) groups excluding carboxylic acids is 1. The van der Waals surface area contributed by atoms with E-state index in [0.717, 1.165) is 5.69 Å². The molecular weight excluding hydrogens is 430 g/mol. The number of benzene rings is 1. The molecule has 0 atom stereocenters. The first kappa shape index (κ1) is 24.4. The van der Waals surface area contributed by atoms with Gasteiger partial charge in [0.15, 0.2) is 17.1 Å². The summed E-state index contributed by atoms with van der Waals surface area (Å²) in [5, 5.41) is 8.23. The number of ether oxygens (including phenoxy) is 2. The largest absolute Gasteiger partial charge is 0.493 e. The Labute approximate surface area is 192 Å². The highest BCUT2D eigenvalue weighted by Crippen LogP contribution is 2.31. The van der Waals surface area contributed by atoms with E-state index < -0.39 is 6.61 Å². The van der Waals surface area contributed by atoms with Crippen LogP contribution in [0.25, 0.3) is 11.0 Å². The average Bonchev–Trinajstić information content (AvgIpc) is 3.08. The fourth-order valence-corrected chi connectivity index (χ4v) is 3.55. The number of alkyl halides is 2. The highest BCUT2D eigenvalue weighted by Gasteiger charge is 2.25. The van der Waals surface area contributed by atoms with Crippen molar-refractivity contribution in [1.29, 1.82) is 0 Å². The lowest BCUT2D eigenvalue weighted by Crippen LogP contribution is -2.25. The van der Waals surface area contributed by atoms with E-state index in [4.69, 9.17) is 9.72 Å². The second-order valence-electron chi connectivity index (χ2n) is 9.16. The maximum atomic E-state index is 13.3. The van der Waals surface area contributed by atoms with Crippen LogP contribution in [-0.2, 0) is 12.1 Å². The minimum atomic E-state index is -2.98. The van der Waals surface area contributed by atoms with Gasteiger partial charge in [-0.05, 0) is 57.4 Å². The van der Waals surface area contributed by atoms with Gasteiger partial charge in [-0.2, -0.15) is 13.9 Å². The molecule has 3 rings (SSSR count). The third-order valence-corrected chi connectivity index (χ3v) is 5.20. The molecular formula is C24H30F2N4O3. The summed E-state index contributed by atoms with van der Waals surface area (Å²) >= 11 is 0. The summed E-state index contributed by atoms with van der Waals surface area (Å²) in [5.74, 6) is -0.0869. The van der Waals surface area contributed by atoms with Gasteiger partial charge in [0.25, 0.3) is 5.91 Å². The molecule has 0 saturated carbocycles. The average molecular weight is 461 g/mol. The molecule has 1 aromatic carbocycles. The van der Waals surface area contributed by atoms with Crippen LogP contribution in [-0.4, -0.2) is 34.4 Å². The molecule has 9 heteroatoms. The van der Waals surface area contributed by atoms with Gasteiger partial charge in [0.1, 0.15) is 0 Å². The molecule has 0 fully saturated rings. The molecule has 1 amide bonds. The maximum Gasteiger partial charge on any atom is 0.387 e. The van der Waals surface area contributed by atoms with Crippen LogP contribution in [0.2, 0.25) is 0 Å². The normalized spacial score (nSPS) is 12.0. The zero-order valence-corrected chi connectivity index (χ0v) is 20.0. The molecule has 0 unspecified atom stereocenters. The van der Waals surface area contributed by atoms with Crippen LogP contribution in [0.4, 0.5) is 8.78 Å². The van der Waals surface area contributed by atoms with Crippen molar-refractivity contribution in [1.82, 2.24) is 20.1 Å². The Morgan fingerprint density at radius 3 is 2.45 bits per heavy atom. The Hall–Kier alpha value is -3.23. The Morgan fingerprint density at radius 1 is 1.18 bits per heavy atom. The van der Waals surface area contributed by atoms with Gasteiger partial charge in [-0.1, -0.05) is 19.9 Å². The first-order chi connectivity index (χ1) is 15.4. The first-order valence-electron chi connectivity index (χ1n) is 10.7. The van der Waals surface area contributed by atoms with Crippen molar-refractivity contribution in [3.63, 3.8) is 0 Å². The molecule has 0 radical (unpaired) electrons. The van der Waals surface area contributed by atoms with E-state index in [1.807, 2.05) is 46.2 Å². The Morgan fingerprint density at radius 2 is 1.88 bits per heavy atom. The fourth-order valence-electron chi connectivity index (χ4n) is 3.55. The number of rotatable bonds is 7. The second-order valence-corrected chi connectivity index (χ2v) is 9.16. The van der Waals surface area contributed by atoms with Crippen molar-refractivity contribution >= 4 is 16.9 Å². The number of aromatic nitrogens is 3. The maximum absolute atomic E-state index is 13.3. The molecule has 0 spiro atoms.